The van der Waals surface area contributed by atoms with Gasteiger partial charge in [0.15, 0.2) is 0 Å². The second-order valence-electron chi connectivity index (χ2n) is 3.28. The topological polar surface area (TPSA) is 23.1 Å². The summed E-state index contributed by atoms with van der Waals surface area (Å²) in [5.41, 5.74) is 0. The number of unbranched alkanes of at least 4 members (excludes halogenated alkanes) is 2. The van der Waals surface area contributed by atoms with Crippen LogP contribution in [0.4, 0.5) is 0 Å². The molecule has 2 heteroatoms. The van der Waals surface area contributed by atoms with E-state index in [0.717, 1.165) is 25.9 Å². The molecule has 0 bridgehead atoms. The molecule has 2 nitrogen and oxygen atoms in total. The van der Waals surface area contributed by atoms with E-state index in [0.29, 0.717) is 0 Å². The summed E-state index contributed by atoms with van der Waals surface area (Å²) in [5.74, 6) is 0. The molecule has 0 saturated carbocycles. The van der Waals surface area contributed by atoms with Crippen LogP contribution in [0, 0.1) is 5.21 Å². The number of nitrogens with zero attached hydrogens (tertiary/aromatic N) is 1. The molecule has 1 unspecified atom stereocenters. The van der Waals surface area contributed by atoms with Crippen molar-refractivity contribution in [1.82, 2.24) is 0 Å². The smallest absolute Gasteiger partial charge is 0.0920 e. The van der Waals surface area contributed by atoms with E-state index < -0.39 is 0 Å². The number of hydrogen-bond donors (Lipinski definition) is 0. The molecule has 0 spiro atoms. The van der Waals surface area contributed by atoms with Gasteiger partial charge in [-0.3, -0.25) is 0 Å². The van der Waals surface area contributed by atoms with Crippen molar-refractivity contribution >= 4 is 0 Å². The maximum atomic E-state index is 11.6. The Morgan fingerprint density at radius 1 is 1.45 bits per heavy atom. The zero-order valence-electron chi connectivity index (χ0n) is 7.25. The summed E-state index contributed by atoms with van der Waals surface area (Å²) in [6.07, 6.45) is 8.23. The zero-order chi connectivity index (χ0) is 8.16. The largest absolute Gasteiger partial charge is 0.628 e. The highest BCUT2D eigenvalue weighted by molar-refractivity contribution is 4.82. The fourth-order valence-electron chi connectivity index (χ4n) is 1.45. The highest BCUT2D eigenvalue weighted by Crippen LogP contribution is 2.16. The van der Waals surface area contributed by atoms with E-state index in [1.807, 2.05) is 6.08 Å². The molecule has 1 atom stereocenters. The third-order valence-corrected chi connectivity index (χ3v) is 2.19. The van der Waals surface area contributed by atoms with Crippen LogP contribution >= 0.6 is 0 Å². The van der Waals surface area contributed by atoms with E-state index in [1.165, 1.54) is 12.8 Å². The molecule has 0 radical (unpaired) electrons. The van der Waals surface area contributed by atoms with Crippen molar-refractivity contribution in [2.24, 2.45) is 0 Å². The lowest BCUT2D eigenvalue weighted by molar-refractivity contribution is -0.823. The molecule has 0 amide bonds. The third kappa shape index (κ3) is 2.64. The zero-order valence-corrected chi connectivity index (χ0v) is 7.25. The average molecular weight is 155 g/mol. The molecule has 0 fully saturated rings. The molecule has 0 aromatic carbocycles. The van der Waals surface area contributed by atoms with Crippen LogP contribution in [-0.2, 0) is 0 Å². The van der Waals surface area contributed by atoms with Crippen molar-refractivity contribution in [2.75, 3.05) is 13.1 Å². The Kier molecular flexibility index (Phi) is 3.09. The van der Waals surface area contributed by atoms with Gasteiger partial charge in [-0.1, -0.05) is 13.3 Å². The highest BCUT2D eigenvalue weighted by atomic mass is 16.5. The van der Waals surface area contributed by atoms with Gasteiger partial charge in [-0.15, -0.1) is 0 Å². The first kappa shape index (κ1) is 8.75. The van der Waals surface area contributed by atoms with E-state index in [9.17, 15) is 5.21 Å². The van der Waals surface area contributed by atoms with E-state index >= 15 is 0 Å². The highest BCUT2D eigenvalue weighted by Gasteiger charge is 2.16. The van der Waals surface area contributed by atoms with E-state index in [-0.39, 0.29) is 4.65 Å². The first-order valence-corrected chi connectivity index (χ1v) is 4.52. The third-order valence-electron chi connectivity index (χ3n) is 2.19. The Morgan fingerprint density at radius 2 is 2.27 bits per heavy atom. The molecule has 1 heterocycles. The van der Waals surface area contributed by atoms with E-state index in [2.05, 4.69) is 6.92 Å². The summed E-state index contributed by atoms with van der Waals surface area (Å²) in [7, 11) is 0. The van der Waals surface area contributed by atoms with Crippen LogP contribution in [0.5, 0.6) is 0 Å². The van der Waals surface area contributed by atoms with Crippen molar-refractivity contribution < 1.29 is 4.65 Å². The summed E-state index contributed by atoms with van der Waals surface area (Å²) in [6.45, 7) is 3.71. The van der Waals surface area contributed by atoms with Crippen LogP contribution < -0.4 is 0 Å². The van der Waals surface area contributed by atoms with Gasteiger partial charge in [0.25, 0.3) is 0 Å². The lowest BCUT2D eigenvalue weighted by atomic mass is 10.2. The molecule has 0 N–H and O–H groups in total. The first-order chi connectivity index (χ1) is 5.27. The Labute approximate surface area is 68.7 Å². The lowest BCUT2D eigenvalue weighted by Crippen LogP contribution is -2.34. The van der Waals surface area contributed by atoms with Gasteiger partial charge >= 0.3 is 0 Å². The van der Waals surface area contributed by atoms with Crippen molar-refractivity contribution in [3.63, 3.8) is 0 Å². The number of hydroxylamine groups is 3. The van der Waals surface area contributed by atoms with Gasteiger partial charge in [0.05, 0.1) is 19.3 Å². The van der Waals surface area contributed by atoms with Gasteiger partial charge < -0.3 is 9.85 Å². The van der Waals surface area contributed by atoms with Crippen molar-refractivity contribution in [2.45, 2.75) is 32.6 Å². The minimum Gasteiger partial charge on any atom is -0.628 e. The van der Waals surface area contributed by atoms with Crippen LogP contribution in [0.3, 0.4) is 0 Å². The number of rotatable bonds is 4. The molecule has 0 aromatic rings. The molecule has 11 heavy (non-hydrogen) atoms. The van der Waals surface area contributed by atoms with Crippen LogP contribution in [0.25, 0.3) is 0 Å². The van der Waals surface area contributed by atoms with Crippen LogP contribution in [0.2, 0.25) is 0 Å². The molecule has 1 aliphatic rings. The van der Waals surface area contributed by atoms with Crippen LogP contribution in [0.15, 0.2) is 12.3 Å². The Morgan fingerprint density at radius 3 is 2.82 bits per heavy atom. The van der Waals surface area contributed by atoms with Gasteiger partial charge in [-0.25, -0.2) is 0 Å². The summed E-state index contributed by atoms with van der Waals surface area (Å²) >= 11 is 0. The minimum atomic E-state index is -0.0694. The lowest BCUT2D eigenvalue weighted by Gasteiger charge is -2.35. The minimum absolute atomic E-state index is 0.0694. The molecule has 0 aliphatic carbocycles. The summed E-state index contributed by atoms with van der Waals surface area (Å²) < 4.78 is -0.0694. The molecular weight excluding hydrogens is 138 g/mol. The molecule has 64 valence electrons. The monoisotopic (exact) mass is 155 g/mol. The number of hydrogen-bond acceptors (Lipinski definition) is 1. The second-order valence-corrected chi connectivity index (χ2v) is 3.28. The van der Waals surface area contributed by atoms with Gasteiger partial charge in [0.2, 0.25) is 0 Å². The fraction of sp³-hybridized carbons (Fsp3) is 0.778. The summed E-state index contributed by atoms with van der Waals surface area (Å²) in [6, 6.07) is 0. The quantitative estimate of drug-likeness (QED) is 0.347. The van der Waals surface area contributed by atoms with Gasteiger partial charge in [0, 0.05) is 6.42 Å². The summed E-state index contributed by atoms with van der Waals surface area (Å²) in [4.78, 5) is 0. The fourth-order valence-corrected chi connectivity index (χ4v) is 1.45. The SMILES string of the molecule is CCCCC[N+]1([O-])C=CCC1. The Balaban J connectivity index is 2.18. The molecule has 0 aromatic heterocycles. The van der Waals surface area contributed by atoms with Crippen LogP contribution in [0.1, 0.15) is 32.6 Å². The first-order valence-electron chi connectivity index (χ1n) is 4.52. The van der Waals surface area contributed by atoms with E-state index in [1.54, 1.807) is 6.20 Å². The molecule has 1 rings (SSSR count). The predicted octanol–water partition coefficient (Wildman–Crippen LogP) is 2.41. The van der Waals surface area contributed by atoms with Crippen LogP contribution in [-0.4, -0.2) is 17.7 Å². The standard InChI is InChI=1S/C9H17NO/c1-2-3-4-7-10(11)8-5-6-9-10/h5,8H,2-4,6-7,9H2,1H3. The van der Waals surface area contributed by atoms with Crippen molar-refractivity contribution in [3.8, 4) is 0 Å². The maximum Gasteiger partial charge on any atom is 0.0920 e. The average Bonchev–Trinajstić information content (AvgIpc) is 2.38. The Bertz CT molecular complexity index is 144. The van der Waals surface area contributed by atoms with Gasteiger partial charge in [-0.05, 0) is 18.9 Å². The maximum absolute atomic E-state index is 11.6. The van der Waals surface area contributed by atoms with E-state index in [4.69, 9.17) is 0 Å². The van der Waals surface area contributed by atoms with Crippen molar-refractivity contribution in [1.29, 1.82) is 0 Å². The normalized spacial score (nSPS) is 29.6. The number of quaternary nitrogens is 1. The van der Waals surface area contributed by atoms with Gasteiger partial charge in [-0.2, -0.15) is 0 Å². The Hall–Kier alpha value is -0.340. The van der Waals surface area contributed by atoms with Crippen molar-refractivity contribution in [3.05, 3.63) is 17.5 Å². The second kappa shape index (κ2) is 3.88. The predicted molar refractivity (Wildman–Crippen MR) is 46.6 cm³/mol. The van der Waals surface area contributed by atoms with Gasteiger partial charge in [0.1, 0.15) is 0 Å². The molecule has 0 saturated heterocycles. The molecular formula is C9H17NO. The summed E-state index contributed by atoms with van der Waals surface area (Å²) in [5, 5.41) is 11.6. The molecule has 1 aliphatic heterocycles.